The van der Waals surface area contributed by atoms with Crippen molar-refractivity contribution in [3.63, 3.8) is 0 Å². The second kappa shape index (κ2) is 5.85. The van der Waals surface area contributed by atoms with Gasteiger partial charge in [0.2, 0.25) is 0 Å². The quantitative estimate of drug-likeness (QED) is 0.754. The van der Waals surface area contributed by atoms with Crippen LogP contribution in [0.3, 0.4) is 0 Å². The molecule has 1 N–H and O–H groups in total. The Hall–Kier alpha value is -2.88. The summed E-state index contributed by atoms with van der Waals surface area (Å²) in [5.41, 5.74) is 1.96. The first-order valence-electron chi connectivity index (χ1n) is 6.99. The molecule has 2 aromatic carbocycles. The summed E-state index contributed by atoms with van der Waals surface area (Å²) in [5, 5.41) is 0.692. The van der Waals surface area contributed by atoms with Crippen molar-refractivity contribution in [1.29, 1.82) is 0 Å². The molecule has 0 amide bonds. The van der Waals surface area contributed by atoms with Gasteiger partial charge in [-0.15, -0.1) is 0 Å². The summed E-state index contributed by atoms with van der Waals surface area (Å²) in [6, 6.07) is 16.7. The predicted molar refractivity (Wildman–Crippen MR) is 84.9 cm³/mol. The predicted octanol–water partition coefficient (Wildman–Crippen LogP) is 3.19. The molecule has 0 unspecified atom stereocenters. The van der Waals surface area contributed by atoms with E-state index in [1.54, 1.807) is 19.1 Å². The Labute approximate surface area is 127 Å². The van der Waals surface area contributed by atoms with E-state index in [0.717, 1.165) is 5.56 Å². The molecular formula is C18H15NO3. The van der Waals surface area contributed by atoms with E-state index in [2.05, 4.69) is 4.98 Å². The van der Waals surface area contributed by atoms with Gasteiger partial charge in [-0.2, -0.15) is 0 Å². The molecule has 110 valence electrons. The van der Waals surface area contributed by atoms with Gasteiger partial charge in [0.25, 0.3) is 5.56 Å². The molecule has 0 spiro atoms. The zero-order chi connectivity index (χ0) is 15.5. The minimum atomic E-state index is -0.483. The van der Waals surface area contributed by atoms with Crippen LogP contribution >= 0.6 is 0 Å². The monoisotopic (exact) mass is 293 g/mol. The number of pyridine rings is 1. The Balaban J connectivity index is 1.97. The third kappa shape index (κ3) is 2.63. The average molecular weight is 293 g/mol. The van der Waals surface area contributed by atoms with Gasteiger partial charge in [-0.3, -0.25) is 4.79 Å². The second-order valence-electron chi connectivity index (χ2n) is 5.06. The molecule has 0 aliphatic heterocycles. The lowest BCUT2D eigenvalue weighted by molar-refractivity contribution is 0.0474. The molecule has 0 aliphatic carbocycles. The fourth-order valence-electron chi connectivity index (χ4n) is 2.40. The molecule has 1 aromatic heterocycles. The zero-order valence-electron chi connectivity index (χ0n) is 12.1. The van der Waals surface area contributed by atoms with Gasteiger partial charge in [0.15, 0.2) is 0 Å². The van der Waals surface area contributed by atoms with Crippen LogP contribution < -0.4 is 5.56 Å². The molecule has 3 aromatic rings. The van der Waals surface area contributed by atoms with E-state index in [1.165, 1.54) is 0 Å². The molecule has 0 fully saturated rings. The van der Waals surface area contributed by atoms with Crippen LogP contribution in [0.25, 0.3) is 10.9 Å². The van der Waals surface area contributed by atoms with Crippen molar-refractivity contribution in [2.75, 3.05) is 0 Å². The molecule has 4 nitrogen and oxygen atoms in total. The standard InChI is InChI=1S/C18H15NO3/c1-12-16(14-9-5-6-10-15(14)19-17(12)20)18(21)22-11-13-7-3-2-4-8-13/h2-10H,11H2,1H3,(H,19,20). The van der Waals surface area contributed by atoms with Crippen molar-refractivity contribution in [1.82, 2.24) is 4.98 Å². The Bertz CT molecular complexity index is 882. The topological polar surface area (TPSA) is 59.2 Å². The number of rotatable bonds is 3. The van der Waals surface area contributed by atoms with E-state index < -0.39 is 5.97 Å². The van der Waals surface area contributed by atoms with Gasteiger partial charge >= 0.3 is 5.97 Å². The number of benzene rings is 2. The van der Waals surface area contributed by atoms with Crippen molar-refractivity contribution < 1.29 is 9.53 Å². The van der Waals surface area contributed by atoms with Gasteiger partial charge in [-0.1, -0.05) is 48.5 Å². The van der Waals surface area contributed by atoms with Gasteiger partial charge in [0.05, 0.1) is 5.56 Å². The van der Waals surface area contributed by atoms with Crippen LogP contribution in [0.15, 0.2) is 59.4 Å². The number of hydrogen-bond donors (Lipinski definition) is 1. The molecule has 0 radical (unpaired) electrons. The lowest BCUT2D eigenvalue weighted by Gasteiger charge is -2.10. The highest BCUT2D eigenvalue weighted by Gasteiger charge is 2.17. The smallest absolute Gasteiger partial charge is 0.339 e. The van der Waals surface area contributed by atoms with Gasteiger partial charge in [0.1, 0.15) is 6.61 Å². The fourth-order valence-corrected chi connectivity index (χ4v) is 2.40. The van der Waals surface area contributed by atoms with E-state index in [1.807, 2.05) is 42.5 Å². The Morgan fingerprint density at radius 3 is 2.50 bits per heavy atom. The summed E-state index contributed by atoms with van der Waals surface area (Å²) >= 11 is 0. The van der Waals surface area contributed by atoms with Crippen molar-refractivity contribution in [2.24, 2.45) is 0 Å². The number of fused-ring (bicyclic) bond motifs is 1. The second-order valence-corrected chi connectivity index (χ2v) is 5.06. The van der Waals surface area contributed by atoms with E-state index in [0.29, 0.717) is 22.0 Å². The Morgan fingerprint density at radius 1 is 1.05 bits per heavy atom. The minimum Gasteiger partial charge on any atom is -0.457 e. The first-order valence-corrected chi connectivity index (χ1v) is 6.99. The maximum Gasteiger partial charge on any atom is 0.339 e. The van der Waals surface area contributed by atoms with Gasteiger partial charge in [-0.05, 0) is 18.6 Å². The van der Waals surface area contributed by atoms with Crippen molar-refractivity contribution in [3.8, 4) is 0 Å². The number of nitrogens with one attached hydrogen (secondary N) is 1. The molecule has 1 heterocycles. The largest absolute Gasteiger partial charge is 0.457 e. The lowest BCUT2D eigenvalue weighted by atomic mass is 10.0. The highest BCUT2D eigenvalue weighted by atomic mass is 16.5. The molecule has 0 saturated heterocycles. The zero-order valence-corrected chi connectivity index (χ0v) is 12.1. The maximum atomic E-state index is 12.4. The summed E-state index contributed by atoms with van der Waals surface area (Å²) in [4.78, 5) is 27.2. The summed E-state index contributed by atoms with van der Waals surface area (Å²) in [5.74, 6) is -0.483. The molecule has 4 heteroatoms. The molecule has 0 aliphatic rings. The van der Waals surface area contributed by atoms with Gasteiger partial charge in [0, 0.05) is 16.5 Å². The number of esters is 1. The maximum absolute atomic E-state index is 12.4. The molecule has 22 heavy (non-hydrogen) atoms. The van der Waals surface area contributed by atoms with Crippen LogP contribution in [0, 0.1) is 6.92 Å². The molecule has 0 bridgehead atoms. The van der Waals surface area contributed by atoms with Crippen LogP contribution in [-0.2, 0) is 11.3 Å². The number of carbonyl (C=O) groups is 1. The number of ether oxygens (including phenoxy) is 1. The first-order chi connectivity index (χ1) is 10.7. The summed E-state index contributed by atoms with van der Waals surface area (Å²) < 4.78 is 5.37. The molecular weight excluding hydrogens is 278 g/mol. The van der Waals surface area contributed by atoms with Crippen LogP contribution in [0.2, 0.25) is 0 Å². The van der Waals surface area contributed by atoms with Crippen molar-refractivity contribution in [3.05, 3.63) is 81.6 Å². The normalized spacial score (nSPS) is 10.6. The number of aromatic amines is 1. The summed E-state index contributed by atoms with van der Waals surface area (Å²) in [7, 11) is 0. The summed E-state index contributed by atoms with van der Waals surface area (Å²) in [6.07, 6.45) is 0. The third-order valence-electron chi connectivity index (χ3n) is 3.58. The van der Waals surface area contributed by atoms with Crippen molar-refractivity contribution in [2.45, 2.75) is 13.5 Å². The van der Waals surface area contributed by atoms with E-state index in [9.17, 15) is 9.59 Å². The number of H-pyrrole nitrogens is 1. The number of hydrogen-bond acceptors (Lipinski definition) is 3. The van der Waals surface area contributed by atoms with Crippen LogP contribution in [-0.4, -0.2) is 11.0 Å². The fraction of sp³-hybridized carbons (Fsp3) is 0.111. The number of aromatic nitrogens is 1. The number of carbonyl (C=O) groups excluding carboxylic acids is 1. The first kappa shape index (κ1) is 14.1. The van der Waals surface area contributed by atoms with Gasteiger partial charge in [-0.25, -0.2) is 4.79 Å². The molecule has 0 atom stereocenters. The summed E-state index contributed by atoms with van der Waals surface area (Å²) in [6.45, 7) is 1.81. The van der Waals surface area contributed by atoms with E-state index in [4.69, 9.17) is 4.74 Å². The average Bonchev–Trinajstić information content (AvgIpc) is 2.55. The Kier molecular flexibility index (Phi) is 3.74. The Morgan fingerprint density at radius 2 is 1.73 bits per heavy atom. The minimum absolute atomic E-state index is 0.181. The molecule has 3 rings (SSSR count). The highest BCUT2D eigenvalue weighted by molar-refractivity contribution is 6.04. The van der Waals surface area contributed by atoms with E-state index in [-0.39, 0.29) is 12.2 Å². The van der Waals surface area contributed by atoms with E-state index >= 15 is 0 Å². The van der Waals surface area contributed by atoms with Crippen LogP contribution in [0.4, 0.5) is 0 Å². The molecule has 0 saturated carbocycles. The SMILES string of the molecule is Cc1c(C(=O)OCc2ccccc2)c2ccccc2[nH]c1=O. The van der Waals surface area contributed by atoms with Gasteiger partial charge < -0.3 is 9.72 Å². The lowest BCUT2D eigenvalue weighted by Crippen LogP contribution is -2.17. The number of para-hydroxylation sites is 1. The van der Waals surface area contributed by atoms with Crippen molar-refractivity contribution >= 4 is 16.9 Å². The van der Waals surface area contributed by atoms with Crippen LogP contribution in [0.5, 0.6) is 0 Å². The highest BCUT2D eigenvalue weighted by Crippen LogP contribution is 2.19. The third-order valence-corrected chi connectivity index (χ3v) is 3.58. The van der Waals surface area contributed by atoms with Crippen LogP contribution in [0.1, 0.15) is 21.5 Å².